The Balaban J connectivity index is 0.00000259. The lowest BCUT2D eigenvalue weighted by atomic mass is 10.1. The molecule has 5 rings (SSSR count). The lowest BCUT2D eigenvalue weighted by Crippen LogP contribution is -2.42. The van der Waals surface area contributed by atoms with Crippen LogP contribution in [0.3, 0.4) is 0 Å². The number of carbonyl (C=O) groups is 1. The van der Waals surface area contributed by atoms with Gasteiger partial charge in [0, 0.05) is 38.3 Å². The van der Waals surface area contributed by atoms with E-state index in [-0.39, 0.29) is 18.3 Å². The summed E-state index contributed by atoms with van der Waals surface area (Å²) in [4.78, 5) is 20.1. The lowest BCUT2D eigenvalue weighted by Gasteiger charge is -2.27. The number of benzene rings is 3. The number of hydrogen-bond acceptors (Lipinski definition) is 5. The topological polar surface area (TPSA) is 70.4 Å². The minimum Gasteiger partial charge on any atom is -0.436 e. The average Bonchev–Trinajstić information content (AvgIpc) is 3.26. The van der Waals surface area contributed by atoms with Crippen LogP contribution < -0.4 is 10.6 Å². The molecule has 1 amide bonds. The molecule has 1 aromatic heterocycles. The molecular weight excluding hydrogens is 436 g/mol. The molecule has 1 aliphatic heterocycles. The second-order valence-electron chi connectivity index (χ2n) is 8.17. The first-order valence-electron chi connectivity index (χ1n) is 11.0. The van der Waals surface area contributed by atoms with Crippen LogP contribution in [-0.2, 0) is 6.54 Å². The van der Waals surface area contributed by atoms with Gasteiger partial charge in [0.15, 0.2) is 5.58 Å². The number of para-hydroxylation sites is 2. The summed E-state index contributed by atoms with van der Waals surface area (Å²) in [6.07, 6.45) is 0. The molecule has 1 saturated heterocycles. The molecule has 6 nitrogen and oxygen atoms in total. The number of anilines is 1. The molecule has 0 atom stereocenters. The minimum atomic E-state index is -0.159. The maximum atomic E-state index is 12.8. The second-order valence-corrected chi connectivity index (χ2v) is 8.17. The van der Waals surface area contributed by atoms with Crippen LogP contribution in [0.4, 0.5) is 5.69 Å². The van der Waals surface area contributed by atoms with Crippen molar-refractivity contribution in [3.8, 4) is 11.5 Å². The van der Waals surface area contributed by atoms with Gasteiger partial charge in [-0.3, -0.25) is 9.69 Å². The highest BCUT2D eigenvalue weighted by Gasteiger charge is 2.18. The van der Waals surface area contributed by atoms with E-state index in [1.807, 2.05) is 67.6 Å². The standard InChI is InChI=1S/C26H26N4O2.ClH/c1-18-9-11-19(12-10-18)25(31)28-22-7-3-2-6-21(22)26-29-24-20(5-4-8-23(24)32-26)17-30-15-13-27-14-16-30;/h2-12,27H,13-17H2,1H3,(H,28,31);1H. The fraction of sp³-hybridized carbons (Fsp3) is 0.231. The van der Waals surface area contributed by atoms with Crippen LogP contribution in [0.5, 0.6) is 0 Å². The zero-order valence-electron chi connectivity index (χ0n) is 18.5. The van der Waals surface area contributed by atoms with E-state index in [1.165, 1.54) is 0 Å². The molecule has 3 aromatic carbocycles. The maximum Gasteiger partial charge on any atom is 0.255 e. The molecule has 1 aliphatic rings. The van der Waals surface area contributed by atoms with Crippen LogP contribution in [0, 0.1) is 6.92 Å². The first-order valence-corrected chi connectivity index (χ1v) is 11.0. The van der Waals surface area contributed by atoms with Gasteiger partial charge in [-0.1, -0.05) is 42.0 Å². The number of fused-ring (bicyclic) bond motifs is 1. The summed E-state index contributed by atoms with van der Waals surface area (Å²) in [5.41, 5.74) is 5.95. The lowest BCUT2D eigenvalue weighted by molar-refractivity contribution is 0.102. The van der Waals surface area contributed by atoms with E-state index in [1.54, 1.807) is 0 Å². The van der Waals surface area contributed by atoms with Crippen molar-refractivity contribution >= 4 is 35.1 Å². The van der Waals surface area contributed by atoms with Gasteiger partial charge in [-0.2, -0.15) is 0 Å². The van der Waals surface area contributed by atoms with Gasteiger partial charge in [-0.15, -0.1) is 12.4 Å². The Labute approximate surface area is 199 Å². The van der Waals surface area contributed by atoms with Gasteiger partial charge in [-0.25, -0.2) is 4.98 Å². The number of halogens is 1. The van der Waals surface area contributed by atoms with Crippen molar-refractivity contribution in [1.29, 1.82) is 0 Å². The van der Waals surface area contributed by atoms with Crippen LogP contribution in [0.25, 0.3) is 22.6 Å². The Bertz CT molecular complexity index is 1250. The summed E-state index contributed by atoms with van der Waals surface area (Å²) in [5.74, 6) is 0.348. The summed E-state index contributed by atoms with van der Waals surface area (Å²) in [5, 5.41) is 6.40. The molecule has 1 fully saturated rings. The van der Waals surface area contributed by atoms with Crippen molar-refractivity contribution < 1.29 is 9.21 Å². The zero-order valence-corrected chi connectivity index (χ0v) is 19.3. The van der Waals surface area contributed by atoms with Crippen molar-refractivity contribution in [3.05, 3.63) is 83.4 Å². The number of nitrogens with one attached hydrogen (secondary N) is 2. The molecule has 2 N–H and O–H groups in total. The molecule has 2 heterocycles. The number of rotatable bonds is 5. The first-order chi connectivity index (χ1) is 15.7. The highest BCUT2D eigenvalue weighted by Crippen LogP contribution is 2.32. The third-order valence-corrected chi connectivity index (χ3v) is 5.83. The maximum absolute atomic E-state index is 12.8. The van der Waals surface area contributed by atoms with E-state index in [0.29, 0.717) is 17.1 Å². The highest BCUT2D eigenvalue weighted by molar-refractivity contribution is 6.06. The summed E-state index contributed by atoms with van der Waals surface area (Å²) >= 11 is 0. The third-order valence-electron chi connectivity index (χ3n) is 5.83. The van der Waals surface area contributed by atoms with Crippen molar-refractivity contribution in [2.45, 2.75) is 13.5 Å². The molecule has 33 heavy (non-hydrogen) atoms. The van der Waals surface area contributed by atoms with E-state index < -0.39 is 0 Å². The Kier molecular flexibility index (Phi) is 7.08. The molecule has 7 heteroatoms. The monoisotopic (exact) mass is 462 g/mol. The fourth-order valence-electron chi connectivity index (χ4n) is 4.04. The van der Waals surface area contributed by atoms with E-state index in [9.17, 15) is 4.79 Å². The van der Waals surface area contributed by atoms with Crippen molar-refractivity contribution in [2.24, 2.45) is 0 Å². The van der Waals surface area contributed by atoms with Crippen molar-refractivity contribution in [1.82, 2.24) is 15.2 Å². The summed E-state index contributed by atoms with van der Waals surface area (Å²) < 4.78 is 6.13. The van der Waals surface area contributed by atoms with Crippen LogP contribution in [0.1, 0.15) is 21.5 Å². The van der Waals surface area contributed by atoms with Crippen LogP contribution >= 0.6 is 12.4 Å². The second kappa shape index (κ2) is 10.2. The molecule has 0 bridgehead atoms. The van der Waals surface area contributed by atoms with E-state index in [0.717, 1.165) is 60.5 Å². The highest BCUT2D eigenvalue weighted by atomic mass is 35.5. The molecule has 4 aromatic rings. The summed E-state index contributed by atoms with van der Waals surface area (Å²) in [6.45, 7) is 6.91. The molecule has 0 unspecified atom stereocenters. The van der Waals surface area contributed by atoms with Gasteiger partial charge in [0.05, 0.1) is 11.3 Å². The average molecular weight is 463 g/mol. The molecule has 0 aliphatic carbocycles. The Hall–Kier alpha value is -3.19. The van der Waals surface area contributed by atoms with Gasteiger partial charge >= 0.3 is 0 Å². The largest absolute Gasteiger partial charge is 0.436 e. The predicted molar refractivity (Wildman–Crippen MR) is 134 cm³/mol. The molecule has 170 valence electrons. The van der Waals surface area contributed by atoms with E-state index >= 15 is 0 Å². The number of aryl methyl sites for hydroxylation is 1. The summed E-state index contributed by atoms with van der Waals surface area (Å²) in [7, 11) is 0. The van der Waals surface area contributed by atoms with Crippen LogP contribution in [0.15, 0.2) is 71.1 Å². The van der Waals surface area contributed by atoms with Crippen LogP contribution in [0.2, 0.25) is 0 Å². The molecule has 0 radical (unpaired) electrons. The van der Waals surface area contributed by atoms with Gasteiger partial charge in [-0.05, 0) is 42.8 Å². The molecule has 0 saturated carbocycles. The van der Waals surface area contributed by atoms with Gasteiger partial charge in [0.25, 0.3) is 5.91 Å². The first kappa shape index (κ1) is 23.0. The predicted octanol–water partition coefficient (Wildman–Crippen LogP) is 4.88. The number of amides is 1. The Morgan fingerprint density at radius 1 is 1.03 bits per heavy atom. The number of aromatic nitrogens is 1. The van der Waals surface area contributed by atoms with E-state index in [4.69, 9.17) is 9.40 Å². The zero-order chi connectivity index (χ0) is 21.9. The molecular formula is C26H27ClN4O2. The van der Waals surface area contributed by atoms with Gasteiger partial charge in [0.1, 0.15) is 5.52 Å². The SMILES string of the molecule is Cc1ccc(C(=O)Nc2ccccc2-c2nc3c(CN4CCNCC4)cccc3o2)cc1.Cl. The van der Waals surface area contributed by atoms with E-state index in [2.05, 4.69) is 21.6 Å². The van der Waals surface area contributed by atoms with Crippen molar-refractivity contribution in [2.75, 3.05) is 31.5 Å². The Morgan fingerprint density at radius 2 is 1.79 bits per heavy atom. The van der Waals surface area contributed by atoms with Gasteiger partial charge in [0.2, 0.25) is 5.89 Å². The number of carbonyl (C=O) groups excluding carboxylic acids is 1. The fourth-order valence-corrected chi connectivity index (χ4v) is 4.04. The third kappa shape index (κ3) is 5.09. The normalized spacial score (nSPS) is 14.1. The number of oxazole rings is 1. The van der Waals surface area contributed by atoms with Gasteiger partial charge < -0.3 is 15.1 Å². The molecule has 0 spiro atoms. The van der Waals surface area contributed by atoms with Crippen molar-refractivity contribution in [3.63, 3.8) is 0 Å². The van der Waals surface area contributed by atoms with Crippen LogP contribution in [-0.4, -0.2) is 42.0 Å². The quantitative estimate of drug-likeness (QED) is 0.442. The smallest absolute Gasteiger partial charge is 0.255 e. The minimum absolute atomic E-state index is 0. The number of nitrogens with zero attached hydrogens (tertiary/aromatic N) is 2. The Morgan fingerprint density at radius 3 is 2.58 bits per heavy atom. The summed E-state index contributed by atoms with van der Waals surface area (Å²) in [6, 6.07) is 21.2. The number of hydrogen-bond donors (Lipinski definition) is 2. The number of piperazine rings is 1.